The molecular weight excluding hydrogens is 188 g/mol. The molecular formula is C13H20O2. The molecule has 0 aliphatic carbocycles. The molecule has 1 heterocycles. The minimum Gasteiger partial charge on any atom is -0.455 e. The number of cyclic esters (lactones) is 1. The van der Waals surface area contributed by atoms with Crippen molar-refractivity contribution in [1.82, 2.24) is 0 Å². The second kappa shape index (κ2) is 6.44. The Morgan fingerprint density at radius 1 is 1.40 bits per heavy atom. The number of carbonyl (C=O) groups excluding carboxylic acids is 1. The quantitative estimate of drug-likeness (QED) is 0.494. The molecule has 0 saturated heterocycles. The summed E-state index contributed by atoms with van der Waals surface area (Å²) >= 11 is 0. The molecule has 1 unspecified atom stereocenters. The van der Waals surface area contributed by atoms with Crippen molar-refractivity contribution in [2.75, 3.05) is 0 Å². The predicted molar refractivity (Wildman–Crippen MR) is 61.5 cm³/mol. The van der Waals surface area contributed by atoms with E-state index in [-0.39, 0.29) is 12.1 Å². The van der Waals surface area contributed by atoms with Gasteiger partial charge in [0.25, 0.3) is 0 Å². The number of allylic oxidation sites excluding steroid dienone is 1. The molecule has 0 amide bonds. The molecule has 2 heteroatoms. The van der Waals surface area contributed by atoms with E-state index in [1.807, 2.05) is 12.2 Å². The lowest BCUT2D eigenvalue weighted by molar-refractivity contribution is -0.139. The summed E-state index contributed by atoms with van der Waals surface area (Å²) in [6.07, 6.45) is 11.3. The van der Waals surface area contributed by atoms with Gasteiger partial charge in [-0.25, -0.2) is 4.79 Å². The fourth-order valence-electron chi connectivity index (χ4n) is 1.59. The zero-order valence-electron chi connectivity index (χ0n) is 9.66. The van der Waals surface area contributed by atoms with E-state index in [0.29, 0.717) is 0 Å². The molecule has 15 heavy (non-hydrogen) atoms. The van der Waals surface area contributed by atoms with Crippen LogP contribution >= 0.6 is 0 Å². The Morgan fingerprint density at radius 2 is 2.20 bits per heavy atom. The summed E-state index contributed by atoms with van der Waals surface area (Å²) in [5, 5.41) is 0. The van der Waals surface area contributed by atoms with Gasteiger partial charge in [0.05, 0.1) is 5.57 Å². The van der Waals surface area contributed by atoms with Gasteiger partial charge in [-0.15, -0.1) is 0 Å². The van der Waals surface area contributed by atoms with Crippen LogP contribution in [0.3, 0.4) is 0 Å². The van der Waals surface area contributed by atoms with Gasteiger partial charge in [0.2, 0.25) is 0 Å². The Balaban J connectivity index is 2.43. The molecule has 0 N–H and O–H groups in total. The van der Waals surface area contributed by atoms with Gasteiger partial charge in [-0.3, -0.25) is 0 Å². The normalized spacial score (nSPS) is 20.8. The van der Waals surface area contributed by atoms with Gasteiger partial charge in [0, 0.05) is 0 Å². The molecule has 2 nitrogen and oxygen atoms in total. The van der Waals surface area contributed by atoms with Crippen LogP contribution in [0, 0.1) is 0 Å². The highest BCUT2D eigenvalue weighted by Crippen LogP contribution is 2.18. The van der Waals surface area contributed by atoms with Gasteiger partial charge in [-0.05, 0) is 18.9 Å². The molecule has 0 radical (unpaired) electrons. The van der Waals surface area contributed by atoms with Gasteiger partial charge in [0.15, 0.2) is 0 Å². The molecule has 0 spiro atoms. The molecule has 0 aromatic carbocycles. The molecule has 0 aromatic rings. The van der Waals surface area contributed by atoms with Crippen LogP contribution in [-0.2, 0) is 9.53 Å². The first kappa shape index (κ1) is 12.0. The summed E-state index contributed by atoms with van der Waals surface area (Å²) < 4.78 is 5.19. The number of hydrogen-bond donors (Lipinski definition) is 0. The van der Waals surface area contributed by atoms with Gasteiger partial charge in [-0.1, -0.05) is 45.3 Å². The first-order valence-corrected chi connectivity index (χ1v) is 5.87. The minimum absolute atomic E-state index is 0.00771. The fraction of sp³-hybridized carbons (Fsp3) is 0.615. The van der Waals surface area contributed by atoms with Crippen molar-refractivity contribution in [3.63, 3.8) is 0 Å². The molecule has 0 saturated carbocycles. The molecule has 84 valence electrons. The van der Waals surface area contributed by atoms with Gasteiger partial charge in [-0.2, -0.15) is 0 Å². The summed E-state index contributed by atoms with van der Waals surface area (Å²) in [5.41, 5.74) is 0.726. The molecule has 0 aromatic heterocycles. The Kier molecular flexibility index (Phi) is 5.16. The third-order valence-electron chi connectivity index (χ3n) is 2.45. The van der Waals surface area contributed by atoms with Gasteiger partial charge < -0.3 is 4.74 Å². The number of carbonyl (C=O) groups is 1. The van der Waals surface area contributed by atoms with Crippen LogP contribution in [0.4, 0.5) is 0 Å². The van der Waals surface area contributed by atoms with Crippen molar-refractivity contribution in [2.24, 2.45) is 0 Å². The van der Waals surface area contributed by atoms with Crippen molar-refractivity contribution in [3.8, 4) is 0 Å². The van der Waals surface area contributed by atoms with E-state index in [1.165, 1.54) is 12.8 Å². The number of ether oxygens (including phenoxy) is 1. The van der Waals surface area contributed by atoms with E-state index >= 15 is 0 Å². The van der Waals surface area contributed by atoms with E-state index < -0.39 is 0 Å². The number of rotatable bonds is 6. The van der Waals surface area contributed by atoms with Crippen LogP contribution in [0.2, 0.25) is 0 Å². The highest BCUT2D eigenvalue weighted by atomic mass is 16.5. The van der Waals surface area contributed by atoms with Crippen molar-refractivity contribution < 1.29 is 9.53 Å². The fourth-order valence-corrected chi connectivity index (χ4v) is 1.59. The number of hydrogen-bond acceptors (Lipinski definition) is 2. The standard InChI is InChI=1S/C13H20O2/c1-3-5-6-7-9-11-10-12(8-4-2)15-13(11)14/h7,9-10,12H,3-6,8H2,1-2H3/b9-7+. The maximum atomic E-state index is 11.4. The number of unbranched alkanes of at least 4 members (excludes halogenated alkanes) is 2. The maximum Gasteiger partial charge on any atom is 0.338 e. The average molecular weight is 208 g/mol. The van der Waals surface area contributed by atoms with Crippen LogP contribution in [0.25, 0.3) is 0 Å². The summed E-state index contributed by atoms with van der Waals surface area (Å²) in [4.78, 5) is 11.4. The molecule has 0 bridgehead atoms. The van der Waals surface area contributed by atoms with Crippen LogP contribution in [0.5, 0.6) is 0 Å². The molecule has 1 aliphatic heterocycles. The zero-order chi connectivity index (χ0) is 11.1. The van der Waals surface area contributed by atoms with Gasteiger partial charge >= 0.3 is 5.97 Å². The predicted octanol–water partition coefficient (Wildman–Crippen LogP) is 3.38. The van der Waals surface area contributed by atoms with Crippen molar-refractivity contribution in [2.45, 2.75) is 52.1 Å². The third kappa shape index (κ3) is 3.90. The van der Waals surface area contributed by atoms with Crippen LogP contribution in [0.15, 0.2) is 23.8 Å². The Bertz CT molecular complexity index is 264. The van der Waals surface area contributed by atoms with E-state index in [1.54, 1.807) is 0 Å². The molecule has 1 atom stereocenters. The molecule has 1 aliphatic rings. The van der Waals surface area contributed by atoms with Crippen molar-refractivity contribution in [3.05, 3.63) is 23.8 Å². The average Bonchev–Trinajstić information content (AvgIpc) is 2.55. The van der Waals surface area contributed by atoms with Crippen LogP contribution < -0.4 is 0 Å². The topological polar surface area (TPSA) is 26.3 Å². The summed E-state index contributed by atoms with van der Waals surface area (Å²) in [5.74, 6) is -0.166. The maximum absolute atomic E-state index is 11.4. The highest BCUT2D eigenvalue weighted by Gasteiger charge is 2.22. The van der Waals surface area contributed by atoms with E-state index in [4.69, 9.17) is 4.74 Å². The summed E-state index contributed by atoms with van der Waals surface area (Å²) in [7, 11) is 0. The highest BCUT2D eigenvalue weighted by molar-refractivity contribution is 5.93. The summed E-state index contributed by atoms with van der Waals surface area (Å²) in [6.45, 7) is 4.25. The Labute approximate surface area is 92.0 Å². The summed E-state index contributed by atoms with van der Waals surface area (Å²) in [6, 6.07) is 0. The molecule has 0 fully saturated rings. The first-order valence-electron chi connectivity index (χ1n) is 5.87. The zero-order valence-corrected chi connectivity index (χ0v) is 9.66. The van der Waals surface area contributed by atoms with E-state index in [9.17, 15) is 4.79 Å². The third-order valence-corrected chi connectivity index (χ3v) is 2.45. The van der Waals surface area contributed by atoms with Crippen molar-refractivity contribution in [1.29, 1.82) is 0 Å². The first-order chi connectivity index (χ1) is 7.27. The van der Waals surface area contributed by atoms with Crippen molar-refractivity contribution >= 4 is 5.97 Å². The van der Waals surface area contributed by atoms with Crippen LogP contribution in [0.1, 0.15) is 46.0 Å². The largest absolute Gasteiger partial charge is 0.455 e. The second-order valence-corrected chi connectivity index (χ2v) is 3.90. The monoisotopic (exact) mass is 208 g/mol. The Hall–Kier alpha value is -1.05. The smallest absolute Gasteiger partial charge is 0.338 e. The number of esters is 1. The van der Waals surface area contributed by atoms with E-state index in [2.05, 4.69) is 19.9 Å². The SMILES string of the molecule is CCCC/C=C/C1=CC(CCC)OC1=O. The molecule has 1 rings (SSSR count). The Morgan fingerprint density at radius 3 is 2.87 bits per heavy atom. The minimum atomic E-state index is -0.166. The lowest BCUT2D eigenvalue weighted by Crippen LogP contribution is -2.07. The van der Waals surface area contributed by atoms with Gasteiger partial charge in [0.1, 0.15) is 6.10 Å². The van der Waals surface area contributed by atoms with Crippen LogP contribution in [-0.4, -0.2) is 12.1 Å². The van der Waals surface area contributed by atoms with E-state index in [0.717, 1.165) is 24.8 Å². The second-order valence-electron chi connectivity index (χ2n) is 3.90. The lowest BCUT2D eigenvalue weighted by Gasteiger charge is -2.04. The lowest BCUT2D eigenvalue weighted by atomic mass is 10.1.